The van der Waals surface area contributed by atoms with Crippen molar-refractivity contribution in [3.8, 4) is 0 Å². The first-order valence-corrected chi connectivity index (χ1v) is 2.86. The fourth-order valence-corrected chi connectivity index (χ4v) is 0.171. The standard InChI is InChI=1S/C5H11N2.C2H5.CH3.W/c1-5(6-2)7(3)4;1-2;;/h3H2,1-2,4H3;1H2,2H3;1H3;/q3*-1;. The Morgan fingerprint density at radius 1 is 1.36 bits per heavy atom. The summed E-state index contributed by atoms with van der Waals surface area (Å²) in [5.74, 6) is 0.944. The molecular weight excluding hydrogens is 308 g/mol. The van der Waals surface area contributed by atoms with Crippen molar-refractivity contribution >= 4 is 5.84 Å². The van der Waals surface area contributed by atoms with Crippen LogP contribution < -0.4 is 0 Å². The van der Waals surface area contributed by atoms with E-state index in [0.29, 0.717) is 0 Å². The molecule has 0 aliphatic rings. The van der Waals surface area contributed by atoms with Gasteiger partial charge in [0.15, 0.2) is 0 Å². The molecule has 0 aromatic heterocycles. The molecule has 0 spiro atoms. The zero-order valence-electron chi connectivity index (χ0n) is 8.22. The monoisotopic (exact) mass is 327 g/mol. The Hall–Kier alpha value is 0.158. The predicted octanol–water partition coefficient (Wildman–Crippen LogP) is 2.05. The summed E-state index contributed by atoms with van der Waals surface area (Å²) < 4.78 is 0. The topological polar surface area (TPSA) is 15.6 Å². The summed E-state index contributed by atoms with van der Waals surface area (Å²) in [6.07, 6.45) is 0. The Morgan fingerprint density at radius 2 is 1.64 bits per heavy atom. The first kappa shape index (κ1) is 22.5. The summed E-state index contributed by atoms with van der Waals surface area (Å²) in [5.41, 5.74) is 0. The van der Waals surface area contributed by atoms with Gasteiger partial charge in [0.2, 0.25) is 0 Å². The van der Waals surface area contributed by atoms with Crippen LogP contribution in [-0.2, 0) is 21.1 Å². The van der Waals surface area contributed by atoms with Crippen LogP contribution in [0.25, 0.3) is 0 Å². The van der Waals surface area contributed by atoms with Crippen LogP contribution in [0.1, 0.15) is 13.8 Å². The van der Waals surface area contributed by atoms with Gasteiger partial charge in [0.05, 0.1) is 5.84 Å². The molecule has 0 unspecified atom stereocenters. The maximum absolute atomic E-state index is 3.87. The van der Waals surface area contributed by atoms with Crippen molar-refractivity contribution in [2.45, 2.75) is 13.8 Å². The molecule has 0 bridgehead atoms. The van der Waals surface area contributed by atoms with Crippen molar-refractivity contribution in [1.82, 2.24) is 4.90 Å². The average molecular weight is 327 g/mol. The SMILES string of the molecule is [CH2-]C.[CH2-]N(C)C(C)=NC.[CH3-].[W]. The van der Waals surface area contributed by atoms with Crippen LogP contribution in [0.5, 0.6) is 0 Å². The first-order valence-electron chi connectivity index (χ1n) is 2.86. The van der Waals surface area contributed by atoms with E-state index in [1.54, 1.807) is 18.9 Å². The molecule has 70 valence electrons. The summed E-state index contributed by atoms with van der Waals surface area (Å²) in [6.45, 7) is 6.91. The molecule has 2 nitrogen and oxygen atoms in total. The average Bonchev–Trinajstić information content (AvgIpc) is 1.91. The summed E-state index contributed by atoms with van der Waals surface area (Å²) in [6, 6.07) is 0. The fraction of sp³-hybridized carbons (Fsp3) is 0.500. The van der Waals surface area contributed by atoms with Crippen molar-refractivity contribution in [2.24, 2.45) is 4.99 Å². The van der Waals surface area contributed by atoms with Crippen molar-refractivity contribution in [2.75, 3.05) is 14.1 Å². The van der Waals surface area contributed by atoms with Crippen LogP contribution in [0.15, 0.2) is 4.99 Å². The molecule has 0 aromatic rings. The van der Waals surface area contributed by atoms with Gasteiger partial charge in [0, 0.05) is 28.1 Å². The number of rotatable bonds is 0. The minimum Gasteiger partial charge on any atom is -0.516 e. The second-order valence-corrected chi connectivity index (χ2v) is 1.47. The zero-order chi connectivity index (χ0) is 7.86. The molecule has 0 aliphatic heterocycles. The van der Waals surface area contributed by atoms with Gasteiger partial charge in [-0.05, 0) is 14.0 Å². The Balaban J connectivity index is -0.0000000564. The molecular formula is C8H19N2W-3. The number of amidine groups is 1. The van der Waals surface area contributed by atoms with Gasteiger partial charge in [0.25, 0.3) is 0 Å². The molecule has 0 saturated carbocycles. The molecule has 11 heavy (non-hydrogen) atoms. The number of aliphatic imine (C=N–C) groups is 1. The van der Waals surface area contributed by atoms with Crippen LogP contribution in [-0.4, -0.2) is 24.8 Å². The second kappa shape index (κ2) is 16.6. The summed E-state index contributed by atoms with van der Waals surface area (Å²) >= 11 is 0. The number of hydrogen-bond acceptors (Lipinski definition) is 1. The molecule has 0 atom stereocenters. The molecule has 0 aliphatic carbocycles. The van der Waals surface area contributed by atoms with E-state index < -0.39 is 0 Å². The molecule has 0 saturated heterocycles. The van der Waals surface area contributed by atoms with Gasteiger partial charge in [-0.3, -0.25) is 12.0 Å². The van der Waals surface area contributed by atoms with E-state index in [2.05, 4.69) is 19.0 Å². The van der Waals surface area contributed by atoms with Crippen LogP contribution >= 0.6 is 0 Å². The van der Waals surface area contributed by atoms with E-state index in [4.69, 9.17) is 0 Å². The van der Waals surface area contributed by atoms with Crippen molar-refractivity contribution in [3.05, 3.63) is 21.4 Å². The van der Waals surface area contributed by atoms with E-state index >= 15 is 0 Å². The third-order valence-electron chi connectivity index (χ3n) is 0.876. The number of hydrogen-bond donors (Lipinski definition) is 0. The molecule has 3 heteroatoms. The van der Waals surface area contributed by atoms with Gasteiger partial charge in [0.1, 0.15) is 0 Å². The van der Waals surface area contributed by atoms with Crippen LogP contribution in [0.2, 0.25) is 0 Å². The summed E-state index contributed by atoms with van der Waals surface area (Å²) in [5, 5.41) is 0. The largest absolute Gasteiger partial charge is 0.516 e. The van der Waals surface area contributed by atoms with E-state index in [0.717, 1.165) is 5.84 Å². The van der Waals surface area contributed by atoms with Gasteiger partial charge >= 0.3 is 0 Å². The van der Waals surface area contributed by atoms with Crippen molar-refractivity contribution < 1.29 is 21.1 Å². The third kappa shape index (κ3) is 17.8. The first-order chi connectivity index (χ1) is 4.18. The molecule has 0 fully saturated rings. The molecule has 0 aromatic carbocycles. The quantitative estimate of drug-likeness (QED) is 0.378. The normalized spacial score (nSPS) is 8.00. The van der Waals surface area contributed by atoms with Gasteiger partial charge < -0.3 is 19.3 Å². The third-order valence-corrected chi connectivity index (χ3v) is 0.876. The Labute approximate surface area is 86.3 Å². The van der Waals surface area contributed by atoms with Crippen LogP contribution in [0.4, 0.5) is 0 Å². The van der Waals surface area contributed by atoms with Gasteiger partial charge in [-0.15, -0.1) is 0 Å². The van der Waals surface area contributed by atoms with E-state index in [1.165, 1.54) is 0 Å². The Bertz CT molecular complexity index is 80.2. The maximum atomic E-state index is 3.87. The van der Waals surface area contributed by atoms with Crippen molar-refractivity contribution in [1.29, 1.82) is 0 Å². The summed E-state index contributed by atoms with van der Waals surface area (Å²) in [7, 11) is 7.22. The van der Waals surface area contributed by atoms with Gasteiger partial charge in [-0.25, -0.2) is 0 Å². The predicted molar refractivity (Wildman–Crippen MR) is 49.6 cm³/mol. The molecule has 0 amide bonds. The number of nitrogens with zero attached hydrogens (tertiary/aromatic N) is 2. The summed E-state index contributed by atoms with van der Waals surface area (Å²) in [4.78, 5) is 5.59. The van der Waals surface area contributed by atoms with Crippen LogP contribution in [0, 0.1) is 21.4 Å². The molecule has 0 radical (unpaired) electrons. The molecule has 0 rings (SSSR count). The van der Waals surface area contributed by atoms with E-state index in [-0.39, 0.29) is 28.5 Å². The van der Waals surface area contributed by atoms with Gasteiger partial charge in [-0.2, -0.15) is 6.92 Å². The Kier molecular flexibility index (Phi) is 34.0. The molecule has 0 heterocycles. The minimum absolute atomic E-state index is 0. The van der Waals surface area contributed by atoms with Crippen LogP contribution in [0.3, 0.4) is 0 Å². The van der Waals surface area contributed by atoms with Gasteiger partial charge in [-0.1, -0.05) is 0 Å². The van der Waals surface area contributed by atoms with E-state index in [1.807, 2.05) is 14.0 Å². The maximum Gasteiger partial charge on any atom is 0.0656 e. The fourth-order valence-electron chi connectivity index (χ4n) is 0.171. The smallest absolute Gasteiger partial charge is 0.0656 e. The molecule has 0 N–H and O–H groups in total. The minimum atomic E-state index is 0. The zero-order valence-corrected chi connectivity index (χ0v) is 11.2. The van der Waals surface area contributed by atoms with E-state index in [9.17, 15) is 0 Å². The Morgan fingerprint density at radius 3 is 1.64 bits per heavy atom. The second-order valence-electron chi connectivity index (χ2n) is 1.47. The van der Waals surface area contributed by atoms with Crippen molar-refractivity contribution in [3.63, 3.8) is 0 Å².